The first-order valence-corrected chi connectivity index (χ1v) is 8.19. The smallest absolute Gasteiger partial charge is 0.310 e. The summed E-state index contributed by atoms with van der Waals surface area (Å²) >= 11 is 17.8. The van der Waals surface area contributed by atoms with Gasteiger partial charge in [0.2, 0.25) is 0 Å². The molecule has 2 rings (SSSR count). The Labute approximate surface area is 154 Å². The van der Waals surface area contributed by atoms with Crippen molar-refractivity contribution in [1.82, 2.24) is 5.32 Å². The first kappa shape index (κ1) is 18.6. The Morgan fingerprint density at radius 3 is 2.33 bits per heavy atom. The van der Waals surface area contributed by atoms with Crippen LogP contribution in [0.2, 0.25) is 15.1 Å². The van der Waals surface area contributed by atoms with E-state index in [1.807, 2.05) is 6.07 Å². The highest BCUT2D eigenvalue weighted by molar-refractivity contribution is 6.36. The third-order valence-electron chi connectivity index (χ3n) is 3.13. The predicted octanol–water partition coefficient (Wildman–Crippen LogP) is 4.05. The summed E-state index contributed by atoms with van der Waals surface area (Å²) in [6.45, 7) is -0.0746. The van der Waals surface area contributed by atoms with Crippen molar-refractivity contribution < 1.29 is 14.3 Å². The second-order valence-electron chi connectivity index (χ2n) is 4.94. The lowest BCUT2D eigenvalue weighted by atomic mass is 10.1. The maximum absolute atomic E-state index is 11.8. The number of rotatable bonds is 6. The van der Waals surface area contributed by atoms with Crippen LogP contribution >= 0.6 is 34.8 Å². The second-order valence-corrected chi connectivity index (χ2v) is 6.20. The molecule has 0 fully saturated rings. The zero-order valence-electron chi connectivity index (χ0n) is 12.5. The van der Waals surface area contributed by atoms with Gasteiger partial charge in [-0.2, -0.15) is 0 Å². The Hall–Kier alpha value is -1.75. The van der Waals surface area contributed by atoms with Crippen molar-refractivity contribution in [2.75, 3.05) is 6.61 Å². The molecule has 0 atom stereocenters. The molecule has 0 unspecified atom stereocenters. The molecule has 24 heavy (non-hydrogen) atoms. The van der Waals surface area contributed by atoms with Gasteiger partial charge in [0, 0.05) is 27.2 Å². The average Bonchev–Trinajstić information content (AvgIpc) is 2.54. The first-order valence-electron chi connectivity index (χ1n) is 7.05. The minimum atomic E-state index is -0.581. The van der Waals surface area contributed by atoms with E-state index in [0.29, 0.717) is 27.2 Å². The van der Waals surface area contributed by atoms with Crippen molar-refractivity contribution in [3.8, 4) is 0 Å². The Morgan fingerprint density at radius 1 is 1.00 bits per heavy atom. The fourth-order valence-corrected chi connectivity index (χ4v) is 2.69. The largest absolute Gasteiger partial charge is 0.455 e. The number of amides is 1. The molecule has 2 aromatic carbocycles. The summed E-state index contributed by atoms with van der Waals surface area (Å²) in [5.74, 6) is -0.989. The van der Waals surface area contributed by atoms with Crippen LogP contribution in [0.1, 0.15) is 11.1 Å². The van der Waals surface area contributed by atoms with Gasteiger partial charge < -0.3 is 10.1 Å². The van der Waals surface area contributed by atoms with Crippen LogP contribution in [0.4, 0.5) is 0 Å². The Bertz CT molecular complexity index is 729. The van der Waals surface area contributed by atoms with Gasteiger partial charge in [-0.15, -0.1) is 0 Å². The second kappa shape index (κ2) is 8.92. The highest BCUT2D eigenvalue weighted by Crippen LogP contribution is 2.24. The van der Waals surface area contributed by atoms with Crippen molar-refractivity contribution in [2.24, 2.45) is 0 Å². The van der Waals surface area contributed by atoms with Crippen LogP contribution in [-0.4, -0.2) is 18.5 Å². The molecule has 0 heterocycles. The molecule has 7 heteroatoms. The van der Waals surface area contributed by atoms with Crippen molar-refractivity contribution in [2.45, 2.75) is 13.0 Å². The van der Waals surface area contributed by atoms with Gasteiger partial charge in [-0.1, -0.05) is 53.0 Å². The number of carbonyl (C=O) groups is 2. The third-order valence-corrected chi connectivity index (χ3v) is 4.07. The fraction of sp³-hybridized carbons (Fsp3) is 0.176. The number of benzene rings is 2. The molecule has 0 radical (unpaired) electrons. The number of hydrogen-bond acceptors (Lipinski definition) is 3. The molecule has 1 N–H and O–H groups in total. The maximum Gasteiger partial charge on any atom is 0.310 e. The van der Waals surface area contributed by atoms with Gasteiger partial charge in [-0.05, 0) is 29.8 Å². The molecule has 0 saturated carbocycles. The molecule has 0 aliphatic heterocycles. The molecule has 0 aromatic heterocycles. The summed E-state index contributed by atoms with van der Waals surface area (Å²) in [6.07, 6.45) is -0.0971. The molecular formula is C17H14Cl3NO3. The molecule has 1 amide bonds. The van der Waals surface area contributed by atoms with Gasteiger partial charge in [0.05, 0.1) is 6.42 Å². The van der Waals surface area contributed by atoms with Gasteiger partial charge in [-0.3, -0.25) is 9.59 Å². The predicted molar refractivity (Wildman–Crippen MR) is 94.4 cm³/mol. The van der Waals surface area contributed by atoms with E-state index in [1.165, 1.54) is 0 Å². The molecule has 2 aromatic rings. The molecule has 0 aliphatic carbocycles. The van der Waals surface area contributed by atoms with Crippen LogP contribution in [0.3, 0.4) is 0 Å². The van der Waals surface area contributed by atoms with Crippen LogP contribution in [0.15, 0.2) is 42.5 Å². The van der Waals surface area contributed by atoms with Gasteiger partial charge in [0.25, 0.3) is 5.91 Å². The molecule has 0 bridgehead atoms. The maximum atomic E-state index is 11.8. The summed E-state index contributed by atoms with van der Waals surface area (Å²) in [7, 11) is 0. The van der Waals surface area contributed by atoms with Crippen LogP contribution in [0, 0.1) is 0 Å². The minimum Gasteiger partial charge on any atom is -0.455 e. The van der Waals surface area contributed by atoms with Crippen LogP contribution < -0.4 is 5.32 Å². The summed E-state index contributed by atoms with van der Waals surface area (Å²) in [5, 5.41) is 3.99. The van der Waals surface area contributed by atoms with Crippen molar-refractivity contribution in [3.05, 3.63) is 68.7 Å². The monoisotopic (exact) mass is 385 g/mol. The quantitative estimate of drug-likeness (QED) is 0.762. The Balaban J connectivity index is 1.78. The molecule has 0 spiro atoms. The highest BCUT2D eigenvalue weighted by Gasteiger charge is 2.13. The van der Waals surface area contributed by atoms with Crippen molar-refractivity contribution >= 4 is 46.7 Å². The standard InChI is InChI=1S/C17H14Cl3NO3/c18-12-4-1-3-11(7-12)9-21-16(22)10-24-17(23)8-13-14(19)5-2-6-15(13)20/h1-7H,8-10H2,(H,21,22). The van der Waals surface area contributed by atoms with Gasteiger partial charge in [-0.25, -0.2) is 0 Å². The van der Waals surface area contributed by atoms with E-state index in [1.54, 1.807) is 36.4 Å². The lowest BCUT2D eigenvalue weighted by Gasteiger charge is -2.08. The molecule has 4 nitrogen and oxygen atoms in total. The number of nitrogens with one attached hydrogen (secondary N) is 1. The summed E-state index contributed by atoms with van der Waals surface area (Å²) < 4.78 is 4.94. The van der Waals surface area contributed by atoms with E-state index in [9.17, 15) is 9.59 Å². The number of halogens is 3. The van der Waals surface area contributed by atoms with Crippen molar-refractivity contribution in [1.29, 1.82) is 0 Å². The van der Waals surface area contributed by atoms with E-state index in [4.69, 9.17) is 39.5 Å². The fourth-order valence-electron chi connectivity index (χ4n) is 1.94. The summed E-state index contributed by atoms with van der Waals surface area (Å²) in [4.78, 5) is 23.5. The van der Waals surface area contributed by atoms with E-state index in [0.717, 1.165) is 5.56 Å². The first-order chi connectivity index (χ1) is 11.5. The zero-order chi connectivity index (χ0) is 17.5. The van der Waals surface area contributed by atoms with Gasteiger partial charge in [0.15, 0.2) is 6.61 Å². The van der Waals surface area contributed by atoms with Crippen LogP contribution in [0.25, 0.3) is 0 Å². The normalized spacial score (nSPS) is 10.3. The lowest BCUT2D eigenvalue weighted by Crippen LogP contribution is -2.28. The molecule has 0 saturated heterocycles. The van der Waals surface area contributed by atoms with Crippen LogP contribution in [-0.2, 0) is 27.3 Å². The van der Waals surface area contributed by atoms with Crippen molar-refractivity contribution in [3.63, 3.8) is 0 Å². The Morgan fingerprint density at radius 2 is 1.67 bits per heavy atom. The topological polar surface area (TPSA) is 55.4 Å². The number of ether oxygens (including phenoxy) is 1. The lowest BCUT2D eigenvalue weighted by molar-refractivity contribution is -0.147. The SMILES string of the molecule is O=C(COC(=O)Cc1c(Cl)cccc1Cl)NCc1cccc(Cl)c1. The molecular weight excluding hydrogens is 373 g/mol. The van der Waals surface area contributed by atoms with Gasteiger partial charge in [0.1, 0.15) is 0 Å². The van der Waals surface area contributed by atoms with E-state index in [2.05, 4.69) is 5.32 Å². The highest BCUT2D eigenvalue weighted by atomic mass is 35.5. The summed E-state index contributed by atoms with van der Waals surface area (Å²) in [5.41, 5.74) is 1.33. The average molecular weight is 387 g/mol. The molecule has 0 aliphatic rings. The number of hydrogen-bond donors (Lipinski definition) is 1. The number of esters is 1. The van der Waals surface area contributed by atoms with E-state index >= 15 is 0 Å². The van der Waals surface area contributed by atoms with Crippen LogP contribution in [0.5, 0.6) is 0 Å². The van der Waals surface area contributed by atoms with E-state index < -0.39 is 11.9 Å². The third kappa shape index (κ3) is 5.71. The van der Waals surface area contributed by atoms with E-state index in [-0.39, 0.29) is 13.0 Å². The molecule has 126 valence electrons. The Kier molecular flexibility index (Phi) is 6.91. The minimum absolute atomic E-state index is 0.0971. The summed E-state index contributed by atoms with van der Waals surface area (Å²) in [6, 6.07) is 12.1. The van der Waals surface area contributed by atoms with Gasteiger partial charge >= 0.3 is 5.97 Å². The zero-order valence-corrected chi connectivity index (χ0v) is 14.8. The number of carbonyl (C=O) groups excluding carboxylic acids is 2.